The van der Waals surface area contributed by atoms with E-state index in [2.05, 4.69) is 4.72 Å². The second-order valence-corrected chi connectivity index (χ2v) is 6.45. The topological polar surface area (TPSA) is 95.9 Å². The third-order valence-electron chi connectivity index (χ3n) is 3.10. The highest BCUT2D eigenvalue weighted by Crippen LogP contribution is 2.20. The van der Waals surface area contributed by atoms with Gasteiger partial charge in [0.15, 0.2) is 6.61 Å². The van der Waals surface area contributed by atoms with Crippen LogP contribution in [0.4, 0.5) is 5.69 Å². The molecule has 1 aromatic carbocycles. The summed E-state index contributed by atoms with van der Waals surface area (Å²) in [6.07, 6.45) is 2.77. The standard InChI is InChI=1S/C13H18N2O5S/c16-13(17)10-20-12-6-4-5-11(9-12)14-21(18,19)15-7-2-1-3-8-15/h4-6,9,14H,1-3,7-8,10H2,(H,16,17). The van der Waals surface area contributed by atoms with E-state index in [1.807, 2.05) is 0 Å². The van der Waals surface area contributed by atoms with Gasteiger partial charge in [-0.3, -0.25) is 4.72 Å². The van der Waals surface area contributed by atoms with Gasteiger partial charge >= 0.3 is 16.2 Å². The Labute approximate surface area is 123 Å². The van der Waals surface area contributed by atoms with E-state index >= 15 is 0 Å². The molecule has 0 atom stereocenters. The van der Waals surface area contributed by atoms with Crippen LogP contribution in [0.1, 0.15) is 19.3 Å². The monoisotopic (exact) mass is 314 g/mol. The van der Waals surface area contributed by atoms with Crippen molar-refractivity contribution in [1.82, 2.24) is 4.31 Å². The van der Waals surface area contributed by atoms with E-state index in [1.54, 1.807) is 18.2 Å². The van der Waals surface area contributed by atoms with Crippen LogP contribution >= 0.6 is 0 Å². The molecule has 0 aromatic heterocycles. The molecule has 116 valence electrons. The van der Waals surface area contributed by atoms with Crippen molar-refractivity contribution in [3.63, 3.8) is 0 Å². The number of rotatable bonds is 6. The van der Waals surface area contributed by atoms with Gasteiger partial charge < -0.3 is 9.84 Å². The average Bonchev–Trinajstić information content (AvgIpc) is 2.46. The Kier molecular flexibility index (Phi) is 5.03. The van der Waals surface area contributed by atoms with Crippen molar-refractivity contribution in [3.8, 4) is 5.75 Å². The summed E-state index contributed by atoms with van der Waals surface area (Å²) in [6.45, 7) is 0.567. The van der Waals surface area contributed by atoms with Gasteiger partial charge in [0.1, 0.15) is 5.75 Å². The number of benzene rings is 1. The van der Waals surface area contributed by atoms with Crippen molar-refractivity contribution in [2.24, 2.45) is 0 Å². The van der Waals surface area contributed by atoms with Crippen LogP contribution in [0.15, 0.2) is 24.3 Å². The molecular formula is C13H18N2O5S. The predicted molar refractivity (Wildman–Crippen MR) is 77.5 cm³/mol. The Morgan fingerprint density at radius 1 is 1.29 bits per heavy atom. The van der Waals surface area contributed by atoms with Crippen molar-refractivity contribution < 1.29 is 23.1 Å². The molecule has 2 N–H and O–H groups in total. The second kappa shape index (κ2) is 6.77. The summed E-state index contributed by atoms with van der Waals surface area (Å²) in [7, 11) is -3.57. The number of nitrogens with zero attached hydrogens (tertiary/aromatic N) is 1. The zero-order valence-electron chi connectivity index (χ0n) is 11.5. The number of hydrogen-bond donors (Lipinski definition) is 2. The van der Waals surface area contributed by atoms with E-state index in [0.29, 0.717) is 24.5 Å². The fourth-order valence-corrected chi connectivity index (χ4v) is 3.41. The van der Waals surface area contributed by atoms with Crippen LogP contribution in [-0.4, -0.2) is 43.5 Å². The van der Waals surface area contributed by atoms with Crippen LogP contribution in [0.25, 0.3) is 0 Å². The Morgan fingerprint density at radius 3 is 2.67 bits per heavy atom. The van der Waals surface area contributed by atoms with Crippen LogP contribution < -0.4 is 9.46 Å². The molecule has 0 amide bonds. The smallest absolute Gasteiger partial charge is 0.341 e. The van der Waals surface area contributed by atoms with Crippen LogP contribution in [0.2, 0.25) is 0 Å². The maximum absolute atomic E-state index is 12.2. The van der Waals surface area contributed by atoms with E-state index in [1.165, 1.54) is 10.4 Å². The molecule has 21 heavy (non-hydrogen) atoms. The quantitative estimate of drug-likeness (QED) is 0.825. The Balaban J connectivity index is 2.04. The highest BCUT2D eigenvalue weighted by atomic mass is 32.2. The molecule has 0 aliphatic carbocycles. The van der Waals surface area contributed by atoms with Gasteiger partial charge in [-0.2, -0.15) is 12.7 Å². The lowest BCUT2D eigenvalue weighted by atomic mass is 10.2. The molecule has 8 heteroatoms. The van der Waals surface area contributed by atoms with Crippen molar-refractivity contribution in [2.45, 2.75) is 19.3 Å². The summed E-state index contributed by atoms with van der Waals surface area (Å²) in [6, 6.07) is 6.23. The lowest BCUT2D eigenvalue weighted by Crippen LogP contribution is -2.39. The molecule has 2 rings (SSSR count). The number of anilines is 1. The Morgan fingerprint density at radius 2 is 2.00 bits per heavy atom. The van der Waals surface area contributed by atoms with Crippen molar-refractivity contribution in [3.05, 3.63) is 24.3 Å². The number of aliphatic carboxylic acids is 1. The maximum Gasteiger partial charge on any atom is 0.341 e. The SMILES string of the molecule is O=C(O)COc1cccc(NS(=O)(=O)N2CCCCC2)c1. The first kappa shape index (κ1) is 15.6. The molecular weight excluding hydrogens is 296 g/mol. The largest absolute Gasteiger partial charge is 0.482 e. The van der Waals surface area contributed by atoms with Crippen molar-refractivity contribution in [2.75, 3.05) is 24.4 Å². The lowest BCUT2D eigenvalue weighted by molar-refractivity contribution is -0.139. The van der Waals surface area contributed by atoms with Gasteiger partial charge in [0.25, 0.3) is 0 Å². The Hall–Kier alpha value is -1.80. The van der Waals surface area contributed by atoms with E-state index in [4.69, 9.17) is 9.84 Å². The fraction of sp³-hybridized carbons (Fsp3) is 0.462. The molecule has 0 bridgehead atoms. The van der Waals surface area contributed by atoms with E-state index in [9.17, 15) is 13.2 Å². The zero-order valence-corrected chi connectivity index (χ0v) is 12.3. The molecule has 1 saturated heterocycles. The summed E-state index contributed by atoms with van der Waals surface area (Å²) >= 11 is 0. The normalized spacial score (nSPS) is 16.4. The number of carbonyl (C=O) groups is 1. The Bertz CT molecular complexity index is 596. The number of carboxylic acid groups (broad SMARTS) is 1. The molecule has 1 aliphatic rings. The van der Waals surface area contributed by atoms with Gasteiger partial charge in [-0.1, -0.05) is 12.5 Å². The fourth-order valence-electron chi connectivity index (χ4n) is 2.11. The summed E-state index contributed by atoms with van der Waals surface area (Å²) in [4.78, 5) is 10.4. The van der Waals surface area contributed by atoms with Gasteiger partial charge in [-0.25, -0.2) is 4.79 Å². The number of ether oxygens (including phenoxy) is 1. The minimum atomic E-state index is -3.57. The lowest BCUT2D eigenvalue weighted by Gasteiger charge is -2.26. The summed E-state index contributed by atoms with van der Waals surface area (Å²) in [5.74, 6) is -0.787. The number of carboxylic acids is 1. The molecule has 7 nitrogen and oxygen atoms in total. The summed E-state index contributed by atoms with van der Waals surface area (Å²) in [5.41, 5.74) is 0.350. The molecule has 0 spiro atoms. The van der Waals surface area contributed by atoms with E-state index in [-0.39, 0.29) is 0 Å². The first-order chi connectivity index (χ1) is 9.97. The van der Waals surface area contributed by atoms with Crippen LogP contribution in [-0.2, 0) is 15.0 Å². The van der Waals surface area contributed by atoms with Gasteiger partial charge in [-0.15, -0.1) is 0 Å². The molecule has 0 unspecified atom stereocenters. The van der Waals surface area contributed by atoms with Crippen molar-refractivity contribution >= 4 is 21.9 Å². The molecule has 0 saturated carbocycles. The van der Waals surface area contributed by atoms with Crippen LogP contribution in [0.3, 0.4) is 0 Å². The molecule has 0 radical (unpaired) electrons. The third kappa shape index (κ3) is 4.61. The summed E-state index contributed by atoms with van der Waals surface area (Å²) in [5, 5.41) is 8.56. The molecule has 1 heterocycles. The van der Waals surface area contributed by atoms with Gasteiger partial charge in [0, 0.05) is 19.2 Å². The number of hydrogen-bond acceptors (Lipinski definition) is 4. The van der Waals surface area contributed by atoms with E-state index < -0.39 is 22.8 Å². The maximum atomic E-state index is 12.2. The van der Waals surface area contributed by atoms with Crippen LogP contribution in [0.5, 0.6) is 5.75 Å². The van der Waals surface area contributed by atoms with Gasteiger partial charge in [0.2, 0.25) is 0 Å². The zero-order chi connectivity index (χ0) is 15.3. The third-order valence-corrected chi connectivity index (χ3v) is 4.64. The minimum Gasteiger partial charge on any atom is -0.482 e. The van der Waals surface area contributed by atoms with Crippen molar-refractivity contribution in [1.29, 1.82) is 0 Å². The summed E-state index contributed by atoms with van der Waals surface area (Å²) < 4.78 is 33.3. The van der Waals surface area contributed by atoms with Crippen LogP contribution in [0, 0.1) is 0 Å². The van der Waals surface area contributed by atoms with Gasteiger partial charge in [-0.05, 0) is 25.0 Å². The minimum absolute atomic E-state index is 0.302. The molecule has 1 aliphatic heterocycles. The first-order valence-electron chi connectivity index (χ1n) is 6.70. The predicted octanol–water partition coefficient (Wildman–Crippen LogP) is 1.29. The average molecular weight is 314 g/mol. The number of nitrogens with one attached hydrogen (secondary N) is 1. The second-order valence-electron chi connectivity index (χ2n) is 4.78. The van der Waals surface area contributed by atoms with Gasteiger partial charge in [0.05, 0.1) is 5.69 Å². The number of piperidine rings is 1. The highest BCUT2D eigenvalue weighted by molar-refractivity contribution is 7.90. The molecule has 1 aromatic rings. The van der Waals surface area contributed by atoms with E-state index in [0.717, 1.165) is 19.3 Å². The first-order valence-corrected chi connectivity index (χ1v) is 8.14. The highest BCUT2D eigenvalue weighted by Gasteiger charge is 2.23. The molecule has 1 fully saturated rings.